The molecule has 0 atom stereocenters. The maximum atomic E-state index is 12.1. The number of urea groups is 1. The molecule has 1 saturated heterocycles. The second-order valence-corrected chi connectivity index (χ2v) is 7.19. The molecule has 1 fully saturated rings. The van der Waals surface area contributed by atoms with Gasteiger partial charge in [0.05, 0.1) is 11.9 Å². The summed E-state index contributed by atoms with van der Waals surface area (Å²) in [4.78, 5) is 48.6. The molecular formula is C20H22N6O4. The van der Waals surface area contributed by atoms with Gasteiger partial charge in [-0.2, -0.15) is 5.10 Å². The largest absolute Gasteiger partial charge is 0.325 e. The summed E-state index contributed by atoms with van der Waals surface area (Å²) in [5, 5.41) is 6.75. The Kier molecular flexibility index (Phi) is 5.95. The van der Waals surface area contributed by atoms with E-state index in [9.17, 15) is 19.2 Å². The Morgan fingerprint density at radius 2 is 1.90 bits per heavy atom. The van der Waals surface area contributed by atoms with Crippen LogP contribution in [-0.2, 0) is 14.4 Å². The van der Waals surface area contributed by atoms with Crippen LogP contribution in [0.5, 0.6) is 0 Å². The molecule has 0 saturated carbocycles. The fourth-order valence-electron chi connectivity index (χ4n) is 2.79. The molecule has 10 nitrogen and oxygen atoms in total. The van der Waals surface area contributed by atoms with Crippen molar-refractivity contribution in [2.75, 3.05) is 6.54 Å². The van der Waals surface area contributed by atoms with Crippen LogP contribution in [0.2, 0.25) is 0 Å². The summed E-state index contributed by atoms with van der Waals surface area (Å²) in [7, 11) is 0. The molecule has 5 amide bonds. The molecule has 1 aliphatic heterocycles. The lowest BCUT2D eigenvalue weighted by Crippen LogP contribution is -2.43. The molecule has 156 valence electrons. The molecule has 2 heterocycles. The molecule has 3 N–H and O–H groups in total. The number of rotatable bonds is 6. The highest BCUT2D eigenvalue weighted by molar-refractivity contribution is 6.06. The minimum absolute atomic E-state index is 0.0791. The van der Waals surface area contributed by atoms with Gasteiger partial charge in [0, 0.05) is 30.8 Å². The quantitative estimate of drug-likeness (QED) is 0.368. The van der Waals surface area contributed by atoms with Crippen LogP contribution in [-0.4, -0.2) is 50.5 Å². The van der Waals surface area contributed by atoms with Gasteiger partial charge in [-0.25, -0.2) is 9.48 Å². The van der Waals surface area contributed by atoms with E-state index in [0.29, 0.717) is 5.56 Å². The van der Waals surface area contributed by atoms with Crippen LogP contribution in [0.3, 0.4) is 0 Å². The number of para-hydroxylation sites is 1. The highest BCUT2D eigenvalue weighted by atomic mass is 16.2. The highest BCUT2D eigenvalue weighted by Crippen LogP contribution is 2.16. The van der Waals surface area contributed by atoms with E-state index in [0.717, 1.165) is 10.6 Å². The predicted molar refractivity (Wildman–Crippen MR) is 108 cm³/mol. The maximum absolute atomic E-state index is 12.1. The highest BCUT2D eigenvalue weighted by Gasteiger charge is 2.43. The zero-order valence-corrected chi connectivity index (χ0v) is 16.6. The number of carbonyl (C=O) groups excluding carboxylic acids is 4. The van der Waals surface area contributed by atoms with Gasteiger partial charge in [0.25, 0.3) is 11.8 Å². The van der Waals surface area contributed by atoms with E-state index in [1.54, 1.807) is 37.0 Å². The third-order valence-corrected chi connectivity index (χ3v) is 4.38. The summed E-state index contributed by atoms with van der Waals surface area (Å²) < 4.78 is 1.68. The van der Waals surface area contributed by atoms with Crippen molar-refractivity contribution in [1.82, 2.24) is 30.8 Å². The minimum Gasteiger partial charge on any atom is -0.324 e. The van der Waals surface area contributed by atoms with E-state index >= 15 is 0 Å². The average Bonchev–Trinajstić information content (AvgIpc) is 3.27. The number of carbonyl (C=O) groups is 4. The van der Waals surface area contributed by atoms with Crippen molar-refractivity contribution in [3.63, 3.8) is 0 Å². The molecule has 2 aromatic rings. The molecule has 0 unspecified atom stereocenters. The molecule has 0 radical (unpaired) electrons. The van der Waals surface area contributed by atoms with E-state index in [1.165, 1.54) is 6.08 Å². The number of hydrogen-bond donors (Lipinski definition) is 3. The Balaban J connectivity index is 1.43. The van der Waals surface area contributed by atoms with Crippen LogP contribution >= 0.6 is 0 Å². The third-order valence-electron chi connectivity index (χ3n) is 4.38. The van der Waals surface area contributed by atoms with Crippen LogP contribution < -0.4 is 16.2 Å². The van der Waals surface area contributed by atoms with Crippen molar-refractivity contribution in [1.29, 1.82) is 0 Å². The van der Waals surface area contributed by atoms with Crippen LogP contribution in [0, 0.1) is 0 Å². The number of nitrogens with zero attached hydrogens (tertiary/aromatic N) is 3. The summed E-state index contributed by atoms with van der Waals surface area (Å²) >= 11 is 0. The Labute approximate surface area is 172 Å². The average molecular weight is 410 g/mol. The second-order valence-electron chi connectivity index (χ2n) is 7.19. The van der Waals surface area contributed by atoms with Crippen LogP contribution in [0.1, 0.15) is 25.8 Å². The van der Waals surface area contributed by atoms with E-state index in [4.69, 9.17) is 0 Å². The van der Waals surface area contributed by atoms with Gasteiger partial charge in [0.2, 0.25) is 5.91 Å². The number of hydrazine groups is 1. The van der Waals surface area contributed by atoms with Crippen LogP contribution in [0.15, 0.2) is 48.8 Å². The number of aromatic nitrogens is 2. The molecule has 3 rings (SSSR count). The summed E-state index contributed by atoms with van der Waals surface area (Å²) in [6.45, 7) is 3.09. The van der Waals surface area contributed by atoms with Crippen molar-refractivity contribution in [2.24, 2.45) is 0 Å². The standard InChI is InChI=1S/C20H22N6O4/c1-20(2)18(29)25(19(30)22-20)11-10-17(28)24-23-16(27)9-8-14-12-21-26(13-14)15-6-4-3-5-7-15/h3-9,12-13H,10-11H2,1-2H3,(H,22,30)(H,23,27)(H,24,28)/b9-8+. The van der Waals surface area contributed by atoms with E-state index in [2.05, 4.69) is 21.3 Å². The normalized spacial score (nSPS) is 15.3. The predicted octanol–water partition coefficient (Wildman–Crippen LogP) is 0.753. The second kappa shape index (κ2) is 8.60. The van der Waals surface area contributed by atoms with Gasteiger partial charge in [0.15, 0.2) is 0 Å². The molecule has 30 heavy (non-hydrogen) atoms. The summed E-state index contributed by atoms with van der Waals surface area (Å²) in [6.07, 6.45) is 6.05. The molecular weight excluding hydrogens is 388 g/mol. The maximum Gasteiger partial charge on any atom is 0.325 e. The van der Waals surface area contributed by atoms with Crippen LogP contribution in [0.4, 0.5) is 4.79 Å². The van der Waals surface area contributed by atoms with E-state index < -0.39 is 29.3 Å². The van der Waals surface area contributed by atoms with Gasteiger partial charge < -0.3 is 5.32 Å². The summed E-state index contributed by atoms with van der Waals surface area (Å²) in [5.41, 5.74) is 5.11. The van der Waals surface area contributed by atoms with E-state index in [-0.39, 0.29) is 13.0 Å². The zero-order valence-electron chi connectivity index (χ0n) is 16.6. The first-order valence-corrected chi connectivity index (χ1v) is 9.27. The van der Waals surface area contributed by atoms with Gasteiger partial charge in [-0.05, 0) is 32.1 Å². The molecule has 10 heteroatoms. The Bertz CT molecular complexity index is 996. The molecule has 0 aliphatic carbocycles. The number of hydrogen-bond acceptors (Lipinski definition) is 5. The first-order valence-electron chi connectivity index (χ1n) is 9.27. The van der Waals surface area contributed by atoms with E-state index in [1.807, 2.05) is 30.3 Å². The number of amides is 5. The van der Waals surface area contributed by atoms with Crippen LogP contribution in [0.25, 0.3) is 11.8 Å². The topological polar surface area (TPSA) is 125 Å². The number of nitrogens with one attached hydrogen (secondary N) is 3. The zero-order chi connectivity index (χ0) is 21.7. The fourth-order valence-corrected chi connectivity index (χ4v) is 2.79. The van der Waals surface area contributed by atoms with Gasteiger partial charge in [-0.1, -0.05) is 18.2 Å². The van der Waals surface area contributed by atoms with Gasteiger partial charge in [-0.15, -0.1) is 0 Å². The van der Waals surface area contributed by atoms with Crippen molar-refractivity contribution >= 4 is 29.8 Å². The monoisotopic (exact) mass is 410 g/mol. The first kappa shape index (κ1) is 20.8. The third kappa shape index (κ3) is 4.90. The molecule has 1 aromatic heterocycles. The van der Waals surface area contributed by atoms with Gasteiger partial charge in [0.1, 0.15) is 5.54 Å². The Morgan fingerprint density at radius 3 is 2.57 bits per heavy atom. The van der Waals surface area contributed by atoms with Gasteiger partial charge >= 0.3 is 6.03 Å². The number of imide groups is 1. The smallest absolute Gasteiger partial charge is 0.324 e. The van der Waals surface area contributed by atoms with Gasteiger partial charge in [-0.3, -0.25) is 30.1 Å². The lowest BCUT2D eigenvalue weighted by Gasteiger charge is -2.15. The molecule has 0 spiro atoms. The molecule has 1 aliphatic rings. The lowest BCUT2D eigenvalue weighted by molar-refractivity contribution is -0.131. The molecule has 0 bridgehead atoms. The number of benzene rings is 1. The first-order chi connectivity index (χ1) is 14.3. The van der Waals surface area contributed by atoms with Crippen molar-refractivity contribution in [3.05, 3.63) is 54.4 Å². The van der Waals surface area contributed by atoms with Crippen molar-refractivity contribution in [2.45, 2.75) is 25.8 Å². The SMILES string of the molecule is CC1(C)NC(=O)N(CCC(=O)NNC(=O)/C=C/c2cnn(-c3ccccc3)c2)C1=O. The fraction of sp³-hybridized carbons (Fsp3) is 0.250. The Morgan fingerprint density at radius 1 is 1.17 bits per heavy atom. The summed E-state index contributed by atoms with van der Waals surface area (Å²) in [6, 6.07) is 8.98. The molecule has 1 aromatic carbocycles. The summed E-state index contributed by atoms with van der Waals surface area (Å²) in [5.74, 6) is -1.46. The Hall–Kier alpha value is -3.95. The lowest BCUT2D eigenvalue weighted by atomic mass is 10.1. The minimum atomic E-state index is -0.985. The van der Waals surface area contributed by atoms with Crippen molar-refractivity contribution in [3.8, 4) is 5.69 Å². The van der Waals surface area contributed by atoms with Crippen molar-refractivity contribution < 1.29 is 19.2 Å².